The SMILES string of the molecule is CCCC(C)NC(=O)Cn1cc(CNC)c2cccnc21. The predicted molar refractivity (Wildman–Crippen MR) is 85.0 cm³/mol. The predicted octanol–water partition coefficient (Wildman–Crippen LogP) is 2.06. The Morgan fingerprint density at radius 3 is 3.00 bits per heavy atom. The van der Waals surface area contributed by atoms with Crippen LogP contribution in [0, 0.1) is 0 Å². The van der Waals surface area contributed by atoms with Crippen LogP contribution in [0.15, 0.2) is 24.5 Å². The van der Waals surface area contributed by atoms with Crippen LogP contribution in [0.1, 0.15) is 32.3 Å². The van der Waals surface area contributed by atoms with E-state index >= 15 is 0 Å². The summed E-state index contributed by atoms with van der Waals surface area (Å²) in [4.78, 5) is 16.5. The van der Waals surface area contributed by atoms with Crippen LogP contribution >= 0.6 is 0 Å². The minimum atomic E-state index is 0.0366. The molecule has 21 heavy (non-hydrogen) atoms. The second-order valence-corrected chi connectivity index (χ2v) is 5.44. The lowest BCUT2D eigenvalue weighted by molar-refractivity contribution is -0.122. The summed E-state index contributed by atoms with van der Waals surface area (Å²) in [5, 5.41) is 7.28. The van der Waals surface area contributed by atoms with Crippen molar-refractivity contribution in [3.05, 3.63) is 30.1 Å². The summed E-state index contributed by atoms with van der Waals surface area (Å²) in [6, 6.07) is 4.19. The molecule has 2 aromatic heterocycles. The van der Waals surface area contributed by atoms with Gasteiger partial charge < -0.3 is 15.2 Å². The summed E-state index contributed by atoms with van der Waals surface area (Å²) in [7, 11) is 1.92. The third-order valence-electron chi connectivity index (χ3n) is 3.53. The van der Waals surface area contributed by atoms with Gasteiger partial charge in [-0.05, 0) is 38.1 Å². The fourth-order valence-electron chi connectivity index (χ4n) is 2.63. The minimum absolute atomic E-state index is 0.0366. The van der Waals surface area contributed by atoms with E-state index < -0.39 is 0 Å². The van der Waals surface area contributed by atoms with Crippen LogP contribution in [0.3, 0.4) is 0 Å². The molecule has 114 valence electrons. The van der Waals surface area contributed by atoms with Crippen LogP contribution in [0.25, 0.3) is 11.0 Å². The van der Waals surface area contributed by atoms with Gasteiger partial charge in [0.15, 0.2) is 0 Å². The maximum Gasteiger partial charge on any atom is 0.240 e. The molecule has 0 aromatic carbocycles. The first kappa shape index (κ1) is 15.5. The van der Waals surface area contributed by atoms with Crippen molar-refractivity contribution in [2.75, 3.05) is 7.05 Å². The number of hydrogen-bond acceptors (Lipinski definition) is 3. The Bertz CT molecular complexity index is 605. The Kier molecular flexibility index (Phi) is 5.33. The van der Waals surface area contributed by atoms with Gasteiger partial charge >= 0.3 is 0 Å². The molecule has 0 aliphatic rings. The van der Waals surface area contributed by atoms with E-state index in [-0.39, 0.29) is 11.9 Å². The summed E-state index contributed by atoms with van der Waals surface area (Å²) in [5.74, 6) is 0.0366. The molecule has 5 heteroatoms. The minimum Gasteiger partial charge on any atom is -0.352 e. The largest absolute Gasteiger partial charge is 0.352 e. The van der Waals surface area contributed by atoms with E-state index in [0.29, 0.717) is 6.54 Å². The first-order valence-corrected chi connectivity index (χ1v) is 7.52. The molecule has 5 nitrogen and oxygen atoms in total. The molecule has 2 N–H and O–H groups in total. The number of carbonyl (C=O) groups is 1. The van der Waals surface area contributed by atoms with E-state index in [1.165, 1.54) is 0 Å². The van der Waals surface area contributed by atoms with Gasteiger partial charge in [-0.3, -0.25) is 4.79 Å². The van der Waals surface area contributed by atoms with Crippen molar-refractivity contribution in [3.8, 4) is 0 Å². The maximum absolute atomic E-state index is 12.1. The van der Waals surface area contributed by atoms with E-state index in [1.807, 2.05) is 36.9 Å². The molecule has 0 radical (unpaired) electrons. The second kappa shape index (κ2) is 7.22. The zero-order valence-electron chi connectivity index (χ0n) is 13.0. The standard InChI is InChI=1S/C16H24N4O/c1-4-6-12(2)19-15(21)11-20-10-13(9-17-3)14-7-5-8-18-16(14)20/h5,7-8,10,12,17H,4,6,9,11H2,1-3H3,(H,19,21). The average Bonchev–Trinajstić information content (AvgIpc) is 2.78. The molecule has 2 aromatic rings. The Balaban J connectivity index is 2.16. The van der Waals surface area contributed by atoms with Crippen LogP contribution in [-0.4, -0.2) is 28.5 Å². The highest BCUT2D eigenvalue weighted by molar-refractivity contribution is 5.83. The van der Waals surface area contributed by atoms with E-state index in [1.54, 1.807) is 6.20 Å². The molecule has 0 aliphatic heterocycles. The lowest BCUT2D eigenvalue weighted by atomic mass is 10.2. The van der Waals surface area contributed by atoms with Crippen molar-refractivity contribution in [2.45, 2.75) is 45.8 Å². The topological polar surface area (TPSA) is 59.0 Å². The third kappa shape index (κ3) is 3.82. The number of aromatic nitrogens is 2. The fraction of sp³-hybridized carbons (Fsp3) is 0.500. The highest BCUT2D eigenvalue weighted by Gasteiger charge is 2.12. The molecule has 2 rings (SSSR count). The van der Waals surface area contributed by atoms with Gasteiger partial charge in [-0.15, -0.1) is 0 Å². The summed E-state index contributed by atoms with van der Waals surface area (Å²) < 4.78 is 1.93. The first-order chi connectivity index (χ1) is 10.2. The van der Waals surface area contributed by atoms with Crippen molar-refractivity contribution >= 4 is 16.9 Å². The van der Waals surface area contributed by atoms with Crippen LogP contribution in [0.4, 0.5) is 0 Å². The summed E-state index contributed by atoms with van der Waals surface area (Å²) >= 11 is 0. The monoisotopic (exact) mass is 288 g/mol. The molecule has 0 aliphatic carbocycles. The van der Waals surface area contributed by atoms with Crippen LogP contribution in [-0.2, 0) is 17.9 Å². The molecule has 1 atom stereocenters. The Morgan fingerprint density at radius 2 is 2.29 bits per heavy atom. The van der Waals surface area contributed by atoms with Crippen molar-refractivity contribution in [1.29, 1.82) is 0 Å². The number of nitrogens with one attached hydrogen (secondary N) is 2. The molecule has 0 saturated heterocycles. The summed E-state index contributed by atoms with van der Waals surface area (Å²) in [6.07, 6.45) is 5.85. The van der Waals surface area contributed by atoms with Gasteiger partial charge in [0.1, 0.15) is 12.2 Å². The zero-order valence-corrected chi connectivity index (χ0v) is 13.0. The van der Waals surface area contributed by atoms with E-state index in [4.69, 9.17) is 0 Å². The van der Waals surface area contributed by atoms with E-state index in [9.17, 15) is 4.79 Å². The van der Waals surface area contributed by atoms with Gasteiger partial charge in [0.25, 0.3) is 0 Å². The van der Waals surface area contributed by atoms with Gasteiger partial charge in [0.2, 0.25) is 5.91 Å². The smallest absolute Gasteiger partial charge is 0.240 e. The quantitative estimate of drug-likeness (QED) is 0.820. The fourth-order valence-corrected chi connectivity index (χ4v) is 2.63. The lowest BCUT2D eigenvalue weighted by Gasteiger charge is -2.13. The third-order valence-corrected chi connectivity index (χ3v) is 3.53. The van der Waals surface area contributed by atoms with Crippen LogP contribution in [0.2, 0.25) is 0 Å². The van der Waals surface area contributed by atoms with Gasteiger partial charge in [-0.1, -0.05) is 13.3 Å². The number of pyridine rings is 1. The van der Waals surface area contributed by atoms with Crippen molar-refractivity contribution < 1.29 is 4.79 Å². The van der Waals surface area contributed by atoms with Crippen molar-refractivity contribution in [3.63, 3.8) is 0 Å². The molecule has 0 bridgehead atoms. The van der Waals surface area contributed by atoms with Gasteiger partial charge in [0.05, 0.1) is 0 Å². The van der Waals surface area contributed by atoms with Crippen LogP contribution < -0.4 is 10.6 Å². The lowest BCUT2D eigenvalue weighted by Crippen LogP contribution is -2.34. The number of amides is 1. The molecular formula is C16H24N4O. The molecule has 0 spiro atoms. The molecule has 1 unspecified atom stereocenters. The second-order valence-electron chi connectivity index (χ2n) is 5.44. The molecule has 2 heterocycles. The number of fused-ring (bicyclic) bond motifs is 1. The highest BCUT2D eigenvalue weighted by atomic mass is 16.2. The van der Waals surface area contributed by atoms with E-state index in [2.05, 4.69) is 22.5 Å². The first-order valence-electron chi connectivity index (χ1n) is 7.52. The average molecular weight is 288 g/mol. The zero-order chi connectivity index (χ0) is 15.2. The molecule has 0 saturated carbocycles. The van der Waals surface area contributed by atoms with Crippen LogP contribution in [0.5, 0.6) is 0 Å². The van der Waals surface area contributed by atoms with Crippen molar-refractivity contribution in [2.24, 2.45) is 0 Å². The van der Waals surface area contributed by atoms with Crippen molar-refractivity contribution in [1.82, 2.24) is 20.2 Å². The van der Waals surface area contributed by atoms with E-state index in [0.717, 1.165) is 36.0 Å². The highest BCUT2D eigenvalue weighted by Crippen LogP contribution is 2.19. The van der Waals surface area contributed by atoms with Gasteiger partial charge in [0, 0.05) is 30.4 Å². The maximum atomic E-state index is 12.1. The summed E-state index contributed by atoms with van der Waals surface area (Å²) in [6.45, 7) is 5.24. The Morgan fingerprint density at radius 1 is 1.48 bits per heavy atom. The Labute approximate surface area is 125 Å². The number of carbonyl (C=O) groups excluding carboxylic acids is 1. The van der Waals surface area contributed by atoms with Gasteiger partial charge in [-0.2, -0.15) is 0 Å². The van der Waals surface area contributed by atoms with Gasteiger partial charge in [-0.25, -0.2) is 4.98 Å². The molecule has 1 amide bonds. The number of rotatable bonds is 7. The molecule has 0 fully saturated rings. The molecular weight excluding hydrogens is 264 g/mol. The summed E-state index contributed by atoms with van der Waals surface area (Å²) in [5.41, 5.74) is 2.02. The Hall–Kier alpha value is -1.88. The number of hydrogen-bond donors (Lipinski definition) is 2. The number of nitrogens with zero attached hydrogens (tertiary/aromatic N) is 2. The normalized spacial score (nSPS) is 12.5.